The van der Waals surface area contributed by atoms with Crippen LogP contribution in [-0.4, -0.2) is 87.0 Å². The summed E-state index contributed by atoms with van der Waals surface area (Å²) >= 11 is 0. The quantitative estimate of drug-likeness (QED) is 0.334. The summed E-state index contributed by atoms with van der Waals surface area (Å²) in [5.41, 5.74) is 6.03. The van der Waals surface area contributed by atoms with Crippen LogP contribution in [0.5, 0.6) is 0 Å². The number of carbonyl (C=O) groups excluding carboxylic acids is 1. The van der Waals surface area contributed by atoms with E-state index >= 15 is 0 Å². The van der Waals surface area contributed by atoms with Crippen LogP contribution < -0.4 is 11.1 Å². The molecule has 0 radical (unpaired) electrons. The Kier molecular flexibility index (Phi) is 11.2. The number of halogens is 1. The molecule has 0 spiro atoms. The van der Waals surface area contributed by atoms with Crippen LogP contribution in [0.15, 0.2) is 4.99 Å². The molecule has 2 rings (SSSR count). The summed E-state index contributed by atoms with van der Waals surface area (Å²) in [7, 11) is 0. The van der Waals surface area contributed by atoms with E-state index in [2.05, 4.69) is 22.1 Å². The highest BCUT2D eigenvalue weighted by Gasteiger charge is 2.23. The van der Waals surface area contributed by atoms with Crippen LogP contribution >= 0.6 is 24.0 Å². The molecule has 8 nitrogen and oxygen atoms in total. The number of aliphatic imine (C=N–C) groups is 1. The molecule has 2 aliphatic rings. The first-order chi connectivity index (χ1) is 12.1. The molecule has 3 N–H and O–H groups in total. The number of rotatable bonds is 6. The van der Waals surface area contributed by atoms with Crippen LogP contribution in [-0.2, 0) is 9.47 Å². The number of hydrogen-bond acceptors (Lipinski definition) is 5. The molecule has 0 aromatic rings. The summed E-state index contributed by atoms with van der Waals surface area (Å²) in [6, 6.07) is 0.268. The normalized spacial score (nSPS) is 21.0. The van der Waals surface area contributed by atoms with Crippen molar-refractivity contribution in [3.05, 3.63) is 0 Å². The molecule has 9 heteroatoms. The maximum absolute atomic E-state index is 11.7. The maximum atomic E-state index is 11.7. The van der Waals surface area contributed by atoms with E-state index in [4.69, 9.17) is 15.2 Å². The van der Waals surface area contributed by atoms with Crippen LogP contribution in [0.2, 0.25) is 0 Å². The van der Waals surface area contributed by atoms with Crippen LogP contribution in [0.3, 0.4) is 0 Å². The first-order valence-corrected chi connectivity index (χ1v) is 9.36. The number of ether oxygens (including phenoxy) is 2. The van der Waals surface area contributed by atoms with E-state index < -0.39 is 0 Å². The lowest BCUT2D eigenvalue weighted by Gasteiger charge is -2.32. The van der Waals surface area contributed by atoms with Gasteiger partial charge in [-0.3, -0.25) is 9.89 Å². The summed E-state index contributed by atoms with van der Waals surface area (Å²) in [6.45, 7) is 11.2. The molecule has 2 fully saturated rings. The standard InChI is InChI=1S/C17H33N5O3.HI/c1-3-25-17(23)22-6-4-15(5-7-22)20-16(18)19-12-14(2)13-21-8-10-24-11-9-21;/h14-15H,3-13H2,1-2H3,(H3,18,19,20);1H. The number of amides is 1. The highest BCUT2D eigenvalue weighted by molar-refractivity contribution is 14.0. The minimum atomic E-state index is -0.223. The number of morpholine rings is 1. The molecule has 2 aliphatic heterocycles. The van der Waals surface area contributed by atoms with Gasteiger partial charge < -0.3 is 25.4 Å². The molecule has 0 saturated carbocycles. The zero-order valence-electron chi connectivity index (χ0n) is 16.0. The largest absolute Gasteiger partial charge is 0.450 e. The second-order valence-electron chi connectivity index (χ2n) is 6.85. The number of likely N-dealkylation sites (tertiary alicyclic amines) is 1. The molecular weight excluding hydrogens is 449 g/mol. The van der Waals surface area contributed by atoms with E-state index in [0.29, 0.717) is 31.6 Å². The second kappa shape index (κ2) is 12.6. The van der Waals surface area contributed by atoms with E-state index in [1.165, 1.54) is 0 Å². The van der Waals surface area contributed by atoms with E-state index in [-0.39, 0.29) is 36.1 Å². The molecule has 0 aliphatic carbocycles. The van der Waals surface area contributed by atoms with Crippen LogP contribution in [0.25, 0.3) is 0 Å². The van der Waals surface area contributed by atoms with Crippen molar-refractivity contribution in [1.29, 1.82) is 0 Å². The molecule has 0 aromatic carbocycles. The van der Waals surface area contributed by atoms with Crippen molar-refractivity contribution in [3.8, 4) is 0 Å². The summed E-state index contributed by atoms with van der Waals surface area (Å²) < 4.78 is 10.4. The van der Waals surface area contributed by atoms with E-state index in [9.17, 15) is 4.79 Å². The molecule has 1 amide bonds. The van der Waals surface area contributed by atoms with E-state index in [0.717, 1.165) is 52.2 Å². The number of carbonyl (C=O) groups is 1. The minimum absolute atomic E-state index is 0. The van der Waals surface area contributed by atoms with E-state index in [1.54, 1.807) is 4.90 Å². The summed E-state index contributed by atoms with van der Waals surface area (Å²) in [6.07, 6.45) is 1.50. The Morgan fingerprint density at radius 1 is 1.31 bits per heavy atom. The van der Waals surface area contributed by atoms with Crippen molar-refractivity contribution in [1.82, 2.24) is 15.1 Å². The summed E-state index contributed by atoms with van der Waals surface area (Å²) in [5, 5.41) is 3.28. The van der Waals surface area contributed by atoms with Crippen molar-refractivity contribution in [2.75, 3.05) is 59.1 Å². The zero-order chi connectivity index (χ0) is 18.1. The molecule has 2 saturated heterocycles. The second-order valence-corrected chi connectivity index (χ2v) is 6.85. The highest BCUT2D eigenvalue weighted by atomic mass is 127. The van der Waals surface area contributed by atoms with Gasteiger partial charge in [-0.1, -0.05) is 6.92 Å². The van der Waals surface area contributed by atoms with Gasteiger partial charge in [0.2, 0.25) is 0 Å². The zero-order valence-corrected chi connectivity index (χ0v) is 18.3. The van der Waals surface area contributed by atoms with Gasteiger partial charge in [0, 0.05) is 45.3 Å². The van der Waals surface area contributed by atoms with Gasteiger partial charge in [-0.2, -0.15) is 0 Å². The van der Waals surface area contributed by atoms with Gasteiger partial charge in [-0.25, -0.2) is 4.79 Å². The Balaban J connectivity index is 0.00000338. The summed E-state index contributed by atoms with van der Waals surface area (Å²) in [5.74, 6) is 0.965. The molecule has 0 aromatic heterocycles. The Hall–Kier alpha value is -0.810. The third-order valence-electron chi connectivity index (χ3n) is 4.62. The monoisotopic (exact) mass is 483 g/mol. The van der Waals surface area contributed by atoms with Gasteiger partial charge in [-0.15, -0.1) is 24.0 Å². The lowest BCUT2D eigenvalue weighted by molar-refractivity contribution is 0.0323. The average Bonchev–Trinajstić information content (AvgIpc) is 2.62. The predicted octanol–water partition coefficient (Wildman–Crippen LogP) is 1.10. The van der Waals surface area contributed by atoms with Crippen molar-refractivity contribution in [2.24, 2.45) is 16.6 Å². The Labute approximate surface area is 173 Å². The molecule has 152 valence electrons. The van der Waals surface area contributed by atoms with Crippen LogP contribution in [0.4, 0.5) is 4.79 Å². The van der Waals surface area contributed by atoms with Crippen molar-refractivity contribution in [2.45, 2.75) is 32.7 Å². The molecule has 0 bridgehead atoms. The van der Waals surface area contributed by atoms with Gasteiger partial charge in [0.1, 0.15) is 0 Å². The smallest absolute Gasteiger partial charge is 0.409 e. The topological polar surface area (TPSA) is 92.4 Å². The van der Waals surface area contributed by atoms with Crippen LogP contribution in [0.1, 0.15) is 26.7 Å². The number of nitrogens with zero attached hydrogens (tertiary/aromatic N) is 3. The van der Waals surface area contributed by atoms with Gasteiger partial charge in [-0.05, 0) is 25.7 Å². The van der Waals surface area contributed by atoms with Gasteiger partial charge in [0.05, 0.1) is 19.8 Å². The lowest BCUT2D eigenvalue weighted by Crippen LogP contribution is -2.48. The molecule has 26 heavy (non-hydrogen) atoms. The van der Waals surface area contributed by atoms with Crippen molar-refractivity contribution < 1.29 is 14.3 Å². The fourth-order valence-corrected chi connectivity index (χ4v) is 3.21. The Bertz CT molecular complexity index is 438. The number of nitrogens with two attached hydrogens (primary N) is 1. The minimum Gasteiger partial charge on any atom is -0.450 e. The Morgan fingerprint density at radius 2 is 1.96 bits per heavy atom. The van der Waals surface area contributed by atoms with Gasteiger partial charge >= 0.3 is 6.09 Å². The number of hydrogen-bond donors (Lipinski definition) is 2. The molecule has 1 unspecified atom stereocenters. The lowest BCUT2D eigenvalue weighted by atomic mass is 10.1. The van der Waals surface area contributed by atoms with Crippen LogP contribution in [0, 0.1) is 5.92 Å². The van der Waals surface area contributed by atoms with E-state index in [1.807, 2.05) is 6.92 Å². The van der Waals surface area contributed by atoms with Crippen molar-refractivity contribution >= 4 is 36.0 Å². The van der Waals surface area contributed by atoms with Gasteiger partial charge in [0.25, 0.3) is 0 Å². The van der Waals surface area contributed by atoms with Gasteiger partial charge in [0.15, 0.2) is 5.96 Å². The number of guanidine groups is 1. The average molecular weight is 483 g/mol. The Morgan fingerprint density at radius 3 is 2.58 bits per heavy atom. The fraction of sp³-hybridized carbons (Fsp3) is 0.882. The maximum Gasteiger partial charge on any atom is 0.409 e. The molecule has 2 heterocycles. The fourth-order valence-electron chi connectivity index (χ4n) is 3.21. The van der Waals surface area contributed by atoms with Crippen molar-refractivity contribution in [3.63, 3.8) is 0 Å². The predicted molar refractivity (Wildman–Crippen MR) is 113 cm³/mol. The third kappa shape index (κ3) is 8.26. The first kappa shape index (κ1) is 23.2. The number of nitrogens with one attached hydrogen (secondary N) is 1. The SMILES string of the molecule is CCOC(=O)N1CCC(NC(N)=NCC(C)CN2CCOCC2)CC1.I. The summed E-state index contributed by atoms with van der Waals surface area (Å²) in [4.78, 5) is 20.3. The first-order valence-electron chi connectivity index (χ1n) is 9.36. The molecular formula is C17H34IN5O3. The molecule has 1 atom stereocenters. The third-order valence-corrected chi connectivity index (χ3v) is 4.62. The highest BCUT2D eigenvalue weighted by Crippen LogP contribution is 2.11. The number of piperidine rings is 1.